The minimum Gasteiger partial charge on any atom is -0.411 e. The van der Waals surface area contributed by atoms with E-state index in [0.717, 1.165) is 22.6 Å². The second-order valence-electron chi connectivity index (χ2n) is 6.87. The molecule has 0 amide bonds. The van der Waals surface area contributed by atoms with Crippen LogP contribution in [0.25, 0.3) is 22.9 Å². The van der Waals surface area contributed by atoms with Crippen molar-refractivity contribution in [2.45, 2.75) is 22.0 Å². The van der Waals surface area contributed by atoms with Crippen LogP contribution < -0.4 is 0 Å². The third-order valence-corrected chi connectivity index (χ3v) is 6.38. The normalized spacial score (nSPS) is 11.0. The molecular weight excluding hydrogens is 440 g/mol. The zero-order valence-electron chi connectivity index (χ0n) is 16.9. The van der Waals surface area contributed by atoms with E-state index >= 15 is 0 Å². The molecule has 0 atom stereocenters. The van der Waals surface area contributed by atoms with Crippen molar-refractivity contribution in [3.05, 3.63) is 96.1 Å². The zero-order valence-corrected chi connectivity index (χ0v) is 18.6. The van der Waals surface area contributed by atoms with Gasteiger partial charge in [0.05, 0.1) is 0 Å². The lowest BCUT2D eigenvalue weighted by molar-refractivity contribution is 0.465. The summed E-state index contributed by atoms with van der Waals surface area (Å²) in [6.45, 7) is 0. The fraction of sp³-hybridized carbons (Fsp3) is 0.0833. The quantitative estimate of drug-likeness (QED) is 0.248. The lowest BCUT2D eigenvalue weighted by Crippen LogP contribution is -1.85. The Labute approximate surface area is 193 Å². The molecule has 2 aromatic heterocycles. The first-order valence-corrected chi connectivity index (χ1v) is 11.9. The van der Waals surface area contributed by atoms with Crippen LogP contribution in [-0.2, 0) is 11.5 Å². The Morgan fingerprint density at radius 1 is 0.500 bits per heavy atom. The number of aromatic nitrogens is 4. The van der Waals surface area contributed by atoms with Gasteiger partial charge in [0.25, 0.3) is 10.4 Å². The van der Waals surface area contributed by atoms with Gasteiger partial charge in [-0.15, -0.1) is 20.4 Å². The molecule has 0 fully saturated rings. The lowest BCUT2D eigenvalue weighted by Gasteiger charge is -2.02. The summed E-state index contributed by atoms with van der Waals surface area (Å²) in [5.74, 6) is 2.59. The Kier molecular flexibility index (Phi) is 6.32. The van der Waals surface area contributed by atoms with E-state index in [4.69, 9.17) is 8.83 Å². The number of hydrogen-bond donors (Lipinski definition) is 0. The van der Waals surface area contributed by atoms with Crippen molar-refractivity contribution >= 4 is 23.5 Å². The number of nitrogens with zero attached hydrogens (tertiary/aromatic N) is 4. The Hall–Kier alpha value is -3.36. The molecule has 0 aliphatic heterocycles. The molecule has 6 nitrogen and oxygen atoms in total. The van der Waals surface area contributed by atoms with E-state index in [-0.39, 0.29) is 0 Å². The summed E-state index contributed by atoms with van der Waals surface area (Å²) in [6, 6.07) is 28.0. The summed E-state index contributed by atoms with van der Waals surface area (Å²) in [6.07, 6.45) is 0. The third-order valence-electron chi connectivity index (χ3n) is 4.60. The van der Waals surface area contributed by atoms with Crippen LogP contribution in [0.3, 0.4) is 0 Å². The fourth-order valence-electron chi connectivity index (χ4n) is 2.95. The molecule has 0 radical (unpaired) electrons. The molecule has 0 N–H and O–H groups in total. The van der Waals surface area contributed by atoms with E-state index in [9.17, 15) is 0 Å². The van der Waals surface area contributed by atoms with Gasteiger partial charge in [0.1, 0.15) is 0 Å². The minimum absolute atomic E-state index is 0.539. The Bertz CT molecular complexity index is 1170. The van der Waals surface area contributed by atoms with E-state index in [1.165, 1.54) is 34.7 Å². The first kappa shape index (κ1) is 20.5. The maximum absolute atomic E-state index is 5.75. The summed E-state index contributed by atoms with van der Waals surface area (Å²) < 4.78 is 11.5. The van der Waals surface area contributed by atoms with Crippen LogP contribution in [0.5, 0.6) is 0 Å². The summed E-state index contributed by atoms with van der Waals surface area (Å²) in [7, 11) is 0. The predicted molar refractivity (Wildman–Crippen MR) is 125 cm³/mol. The van der Waals surface area contributed by atoms with Gasteiger partial charge in [-0.25, -0.2) is 0 Å². The van der Waals surface area contributed by atoms with Crippen LogP contribution in [0.2, 0.25) is 0 Å². The van der Waals surface area contributed by atoms with Gasteiger partial charge >= 0.3 is 0 Å². The Balaban J connectivity index is 1.13. The van der Waals surface area contributed by atoms with Crippen molar-refractivity contribution in [3.63, 3.8) is 0 Å². The minimum atomic E-state index is 0.539. The summed E-state index contributed by atoms with van der Waals surface area (Å²) >= 11 is 3.05. The largest absolute Gasteiger partial charge is 0.411 e. The zero-order chi connectivity index (χ0) is 21.6. The molecular formula is C24H18N4O2S2. The fourth-order valence-corrected chi connectivity index (χ4v) is 4.39. The second kappa shape index (κ2) is 9.84. The standard InChI is InChI=1S/C24H18N4O2S2/c1-3-7-19(8-4-1)21-25-27-23(29-21)31-15-17-11-13-18(14-12-17)16-32-24-28-26-22(30-24)20-9-5-2-6-10-20/h1-14H,15-16H2. The van der Waals surface area contributed by atoms with Crippen molar-refractivity contribution < 1.29 is 8.83 Å². The first-order chi connectivity index (χ1) is 15.8. The van der Waals surface area contributed by atoms with Gasteiger partial charge in [0.2, 0.25) is 11.8 Å². The number of hydrogen-bond acceptors (Lipinski definition) is 8. The predicted octanol–water partition coefficient (Wildman–Crippen LogP) is 6.37. The summed E-state index contributed by atoms with van der Waals surface area (Å²) in [4.78, 5) is 0. The smallest absolute Gasteiger partial charge is 0.277 e. The molecule has 32 heavy (non-hydrogen) atoms. The maximum Gasteiger partial charge on any atom is 0.277 e. The highest BCUT2D eigenvalue weighted by molar-refractivity contribution is 7.98. The molecule has 0 aliphatic rings. The molecule has 0 saturated carbocycles. The molecule has 0 unspecified atom stereocenters. The average Bonchev–Trinajstić information content (AvgIpc) is 3.53. The third kappa shape index (κ3) is 5.09. The van der Waals surface area contributed by atoms with Gasteiger partial charge < -0.3 is 8.83 Å². The Morgan fingerprint density at radius 2 is 0.906 bits per heavy atom. The average molecular weight is 459 g/mol. The van der Waals surface area contributed by atoms with E-state index < -0.39 is 0 Å². The van der Waals surface area contributed by atoms with Gasteiger partial charge in [-0.3, -0.25) is 0 Å². The first-order valence-electron chi connectivity index (χ1n) is 9.95. The molecule has 0 saturated heterocycles. The van der Waals surface area contributed by atoms with Crippen molar-refractivity contribution in [2.75, 3.05) is 0 Å². The van der Waals surface area contributed by atoms with Gasteiger partial charge in [-0.1, -0.05) is 84.2 Å². The van der Waals surface area contributed by atoms with E-state index in [1.54, 1.807) is 0 Å². The molecule has 2 heterocycles. The van der Waals surface area contributed by atoms with Crippen LogP contribution in [0, 0.1) is 0 Å². The van der Waals surface area contributed by atoms with E-state index in [2.05, 4.69) is 44.7 Å². The van der Waals surface area contributed by atoms with Crippen LogP contribution in [0.15, 0.2) is 104 Å². The van der Waals surface area contributed by atoms with Crippen molar-refractivity contribution in [2.24, 2.45) is 0 Å². The van der Waals surface area contributed by atoms with Crippen LogP contribution in [-0.4, -0.2) is 20.4 Å². The van der Waals surface area contributed by atoms with Gasteiger partial charge in [0.15, 0.2) is 0 Å². The number of benzene rings is 3. The molecule has 0 spiro atoms. The SMILES string of the molecule is c1ccc(-c2nnc(SCc3ccc(CSc4nnc(-c5ccccc5)o4)cc3)o2)cc1. The lowest BCUT2D eigenvalue weighted by atomic mass is 10.2. The molecule has 0 bridgehead atoms. The van der Waals surface area contributed by atoms with Gasteiger partial charge in [0, 0.05) is 22.6 Å². The highest BCUT2D eigenvalue weighted by Gasteiger charge is 2.10. The van der Waals surface area contributed by atoms with Crippen LogP contribution in [0.4, 0.5) is 0 Å². The highest BCUT2D eigenvalue weighted by Crippen LogP contribution is 2.28. The van der Waals surface area contributed by atoms with Crippen molar-refractivity contribution in [3.8, 4) is 22.9 Å². The maximum atomic E-state index is 5.75. The molecule has 5 aromatic rings. The Morgan fingerprint density at radius 3 is 1.31 bits per heavy atom. The van der Waals surface area contributed by atoms with Crippen molar-refractivity contribution in [1.29, 1.82) is 0 Å². The van der Waals surface area contributed by atoms with Gasteiger partial charge in [-0.2, -0.15) is 0 Å². The number of rotatable bonds is 8. The molecule has 8 heteroatoms. The topological polar surface area (TPSA) is 77.8 Å². The summed E-state index contributed by atoms with van der Waals surface area (Å²) in [5, 5.41) is 17.6. The van der Waals surface area contributed by atoms with Crippen molar-refractivity contribution in [1.82, 2.24) is 20.4 Å². The second-order valence-corrected chi connectivity index (χ2v) is 8.73. The highest BCUT2D eigenvalue weighted by atomic mass is 32.2. The molecule has 3 aromatic carbocycles. The van der Waals surface area contributed by atoms with Crippen LogP contribution >= 0.6 is 23.5 Å². The van der Waals surface area contributed by atoms with E-state index in [0.29, 0.717) is 22.2 Å². The number of thioether (sulfide) groups is 2. The molecule has 5 rings (SSSR count). The monoisotopic (exact) mass is 458 g/mol. The molecule has 158 valence electrons. The van der Waals surface area contributed by atoms with E-state index in [1.807, 2.05) is 60.7 Å². The van der Waals surface area contributed by atoms with Gasteiger partial charge in [-0.05, 0) is 35.4 Å². The summed E-state index contributed by atoms with van der Waals surface area (Å²) in [5.41, 5.74) is 4.22. The molecule has 0 aliphatic carbocycles. The van der Waals surface area contributed by atoms with Crippen LogP contribution in [0.1, 0.15) is 11.1 Å².